The van der Waals surface area contributed by atoms with Gasteiger partial charge in [-0.1, -0.05) is 0 Å². The molecule has 1 aliphatic heterocycles. The number of thiazole rings is 1. The van der Waals surface area contributed by atoms with E-state index < -0.39 is 5.91 Å². The van der Waals surface area contributed by atoms with Gasteiger partial charge in [-0.3, -0.25) is 9.59 Å². The summed E-state index contributed by atoms with van der Waals surface area (Å²) in [4.78, 5) is 30.4. The van der Waals surface area contributed by atoms with Crippen molar-refractivity contribution in [1.82, 2.24) is 4.98 Å². The molecule has 0 unspecified atom stereocenters. The first kappa shape index (κ1) is 20.2. The van der Waals surface area contributed by atoms with Crippen molar-refractivity contribution in [3.05, 3.63) is 39.8 Å². The Morgan fingerprint density at radius 1 is 1.23 bits per heavy atom. The summed E-state index contributed by atoms with van der Waals surface area (Å²) in [6.07, 6.45) is 3.34. The van der Waals surface area contributed by atoms with E-state index in [0.717, 1.165) is 31.6 Å². The highest BCUT2D eigenvalue weighted by molar-refractivity contribution is 7.09. The predicted octanol–water partition coefficient (Wildman–Crippen LogP) is 2.37. The Balaban J connectivity index is 0.00000243. The van der Waals surface area contributed by atoms with Crippen LogP contribution in [0.15, 0.2) is 23.6 Å². The first-order chi connectivity index (χ1) is 12.1. The number of hydrogen-bond donors (Lipinski definition) is 3. The van der Waals surface area contributed by atoms with Gasteiger partial charge < -0.3 is 21.7 Å². The van der Waals surface area contributed by atoms with Crippen LogP contribution >= 0.6 is 23.7 Å². The van der Waals surface area contributed by atoms with Crippen molar-refractivity contribution in [2.45, 2.75) is 25.8 Å². The minimum absolute atomic E-state index is 0. The van der Waals surface area contributed by atoms with Gasteiger partial charge in [0.05, 0.1) is 11.3 Å². The van der Waals surface area contributed by atoms with Crippen molar-refractivity contribution in [2.24, 2.45) is 11.5 Å². The van der Waals surface area contributed by atoms with Gasteiger partial charge in [-0.25, -0.2) is 4.98 Å². The standard InChI is InChI=1S/C17H21N5O2S.ClH/c18-9-15-21-13(10-25-15)17(24)20-11-4-5-12(16(19)23)14(8-11)22-6-2-1-3-7-22;/h4-5,8,10H,1-3,6-7,9,18H2,(H2,19,23)(H,20,24);1H. The lowest BCUT2D eigenvalue weighted by molar-refractivity contribution is 0.0998. The van der Waals surface area contributed by atoms with E-state index in [4.69, 9.17) is 11.5 Å². The van der Waals surface area contributed by atoms with Crippen molar-refractivity contribution < 1.29 is 9.59 Å². The SMILES string of the molecule is Cl.NCc1nc(C(=O)Nc2ccc(C(N)=O)c(N3CCCCC3)c2)cs1. The Morgan fingerprint density at radius 3 is 2.58 bits per heavy atom. The second-order valence-corrected chi connectivity index (χ2v) is 6.87. The predicted molar refractivity (Wildman–Crippen MR) is 106 cm³/mol. The maximum atomic E-state index is 12.3. The van der Waals surface area contributed by atoms with Gasteiger partial charge in [0.2, 0.25) is 0 Å². The molecule has 1 saturated heterocycles. The molecule has 1 aliphatic rings. The number of benzene rings is 1. The van der Waals surface area contributed by atoms with Crippen LogP contribution in [0.25, 0.3) is 0 Å². The van der Waals surface area contributed by atoms with E-state index in [0.29, 0.717) is 28.5 Å². The number of anilines is 2. The minimum Gasteiger partial charge on any atom is -0.371 e. The van der Waals surface area contributed by atoms with Gasteiger partial charge in [-0.05, 0) is 37.5 Å². The molecule has 0 saturated carbocycles. The van der Waals surface area contributed by atoms with Gasteiger partial charge in [0, 0.05) is 30.7 Å². The van der Waals surface area contributed by atoms with E-state index in [1.165, 1.54) is 17.8 Å². The molecule has 0 radical (unpaired) electrons. The molecule has 140 valence electrons. The van der Waals surface area contributed by atoms with Gasteiger partial charge in [-0.2, -0.15) is 0 Å². The zero-order valence-corrected chi connectivity index (χ0v) is 15.9. The lowest BCUT2D eigenvalue weighted by Crippen LogP contribution is -2.31. The highest BCUT2D eigenvalue weighted by Gasteiger charge is 2.19. The number of primary amides is 1. The molecular formula is C17H22ClN5O2S. The van der Waals surface area contributed by atoms with E-state index in [-0.39, 0.29) is 18.3 Å². The zero-order chi connectivity index (χ0) is 17.8. The van der Waals surface area contributed by atoms with Crippen LogP contribution in [-0.4, -0.2) is 29.9 Å². The number of rotatable bonds is 5. The molecule has 0 atom stereocenters. The molecule has 0 spiro atoms. The topological polar surface area (TPSA) is 114 Å². The number of halogens is 1. The lowest BCUT2D eigenvalue weighted by atomic mass is 10.1. The van der Waals surface area contributed by atoms with Crippen molar-refractivity contribution in [3.8, 4) is 0 Å². The summed E-state index contributed by atoms with van der Waals surface area (Å²) in [5.74, 6) is -0.766. The summed E-state index contributed by atoms with van der Waals surface area (Å²) >= 11 is 1.35. The Bertz CT molecular complexity index is 789. The molecule has 3 rings (SSSR count). The fourth-order valence-electron chi connectivity index (χ4n) is 2.92. The number of aromatic nitrogens is 1. The van der Waals surface area contributed by atoms with Crippen molar-refractivity contribution in [1.29, 1.82) is 0 Å². The smallest absolute Gasteiger partial charge is 0.275 e. The minimum atomic E-state index is -0.467. The number of carbonyl (C=O) groups excluding carboxylic acids is 2. The first-order valence-electron chi connectivity index (χ1n) is 8.23. The maximum absolute atomic E-state index is 12.3. The fourth-order valence-corrected chi connectivity index (χ4v) is 3.57. The first-order valence-corrected chi connectivity index (χ1v) is 9.11. The number of carbonyl (C=O) groups is 2. The molecule has 0 bridgehead atoms. The quantitative estimate of drug-likeness (QED) is 0.718. The van der Waals surface area contributed by atoms with Gasteiger partial charge in [0.1, 0.15) is 10.7 Å². The average molecular weight is 396 g/mol. The monoisotopic (exact) mass is 395 g/mol. The number of nitrogens with two attached hydrogens (primary N) is 2. The van der Waals surface area contributed by atoms with E-state index in [2.05, 4.69) is 15.2 Å². The lowest BCUT2D eigenvalue weighted by Gasteiger charge is -2.30. The fraction of sp³-hybridized carbons (Fsp3) is 0.353. The number of piperidine rings is 1. The molecule has 1 aromatic carbocycles. The van der Waals surface area contributed by atoms with E-state index >= 15 is 0 Å². The Labute approximate surface area is 162 Å². The van der Waals surface area contributed by atoms with Crippen LogP contribution in [0.4, 0.5) is 11.4 Å². The van der Waals surface area contributed by atoms with Crippen molar-refractivity contribution in [2.75, 3.05) is 23.3 Å². The largest absolute Gasteiger partial charge is 0.371 e. The van der Waals surface area contributed by atoms with E-state index in [1.54, 1.807) is 23.6 Å². The molecule has 2 aromatic rings. The maximum Gasteiger partial charge on any atom is 0.275 e. The molecule has 2 amide bonds. The number of amides is 2. The third-order valence-corrected chi connectivity index (χ3v) is 5.05. The molecule has 1 aromatic heterocycles. The van der Waals surface area contributed by atoms with Crippen LogP contribution in [0.3, 0.4) is 0 Å². The highest BCUT2D eigenvalue weighted by atomic mass is 35.5. The number of nitrogens with one attached hydrogen (secondary N) is 1. The summed E-state index contributed by atoms with van der Waals surface area (Å²) in [5, 5.41) is 5.22. The zero-order valence-electron chi connectivity index (χ0n) is 14.2. The third-order valence-electron chi connectivity index (χ3n) is 4.18. The summed E-state index contributed by atoms with van der Waals surface area (Å²) in [6.45, 7) is 2.07. The second kappa shape index (κ2) is 8.98. The molecular weight excluding hydrogens is 374 g/mol. The Morgan fingerprint density at radius 2 is 1.96 bits per heavy atom. The summed E-state index contributed by atoms with van der Waals surface area (Å²) < 4.78 is 0. The van der Waals surface area contributed by atoms with Crippen LogP contribution in [0.1, 0.15) is 45.1 Å². The van der Waals surface area contributed by atoms with Crippen LogP contribution < -0.4 is 21.7 Å². The third kappa shape index (κ3) is 4.51. The molecule has 0 aliphatic carbocycles. The number of hydrogen-bond acceptors (Lipinski definition) is 6. The second-order valence-electron chi connectivity index (χ2n) is 5.93. The summed E-state index contributed by atoms with van der Waals surface area (Å²) in [7, 11) is 0. The molecule has 2 heterocycles. The summed E-state index contributed by atoms with van der Waals surface area (Å²) in [5.41, 5.74) is 13.2. The van der Waals surface area contributed by atoms with E-state index in [9.17, 15) is 9.59 Å². The Hall–Kier alpha value is -2.16. The molecule has 5 N–H and O–H groups in total. The molecule has 26 heavy (non-hydrogen) atoms. The van der Waals surface area contributed by atoms with Gasteiger partial charge in [0.15, 0.2) is 0 Å². The van der Waals surface area contributed by atoms with Crippen LogP contribution in [0.5, 0.6) is 0 Å². The van der Waals surface area contributed by atoms with E-state index in [1.807, 2.05) is 0 Å². The number of nitrogens with zero attached hydrogens (tertiary/aromatic N) is 2. The molecule has 7 nitrogen and oxygen atoms in total. The Kier molecular flexibility index (Phi) is 6.96. The summed E-state index contributed by atoms with van der Waals surface area (Å²) in [6, 6.07) is 5.15. The molecule has 9 heteroatoms. The molecule has 1 fully saturated rings. The van der Waals surface area contributed by atoms with Gasteiger partial charge in [0.25, 0.3) is 11.8 Å². The highest BCUT2D eigenvalue weighted by Crippen LogP contribution is 2.28. The van der Waals surface area contributed by atoms with Crippen molar-refractivity contribution in [3.63, 3.8) is 0 Å². The van der Waals surface area contributed by atoms with Crippen molar-refractivity contribution >= 4 is 46.9 Å². The van der Waals surface area contributed by atoms with Crippen LogP contribution in [0.2, 0.25) is 0 Å². The van der Waals surface area contributed by atoms with Crippen LogP contribution in [0, 0.1) is 0 Å². The van der Waals surface area contributed by atoms with Crippen LogP contribution in [-0.2, 0) is 6.54 Å². The van der Waals surface area contributed by atoms with Gasteiger partial charge >= 0.3 is 0 Å². The normalized spacial score (nSPS) is 13.8. The average Bonchev–Trinajstić information content (AvgIpc) is 3.11. The van der Waals surface area contributed by atoms with Gasteiger partial charge in [-0.15, -0.1) is 23.7 Å².